The summed E-state index contributed by atoms with van der Waals surface area (Å²) in [7, 11) is 1.59. The molecule has 0 fully saturated rings. The first-order valence-electron chi connectivity index (χ1n) is 7.08. The molecule has 0 saturated carbocycles. The van der Waals surface area contributed by atoms with Gasteiger partial charge >= 0.3 is 0 Å². The minimum atomic E-state index is -0.250. The van der Waals surface area contributed by atoms with Crippen LogP contribution < -0.4 is 14.8 Å². The third-order valence-corrected chi connectivity index (χ3v) is 3.21. The fourth-order valence-corrected chi connectivity index (χ4v) is 2.14. The molecule has 1 N–H and O–H groups in total. The molecule has 1 heterocycles. The van der Waals surface area contributed by atoms with E-state index in [1.165, 1.54) is 0 Å². The Bertz CT molecular complexity index is 824. The summed E-state index contributed by atoms with van der Waals surface area (Å²) in [6.07, 6.45) is 0. The number of benzene rings is 2. The summed E-state index contributed by atoms with van der Waals surface area (Å²) in [6, 6.07) is 12.3. The summed E-state index contributed by atoms with van der Waals surface area (Å²) in [5.74, 6) is 1.67. The zero-order chi connectivity index (χ0) is 16.2. The van der Waals surface area contributed by atoms with Crippen molar-refractivity contribution in [3.05, 3.63) is 48.4 Å². The van der Waals surface area contributed by atoms with E-state index in [1.54, 1.807) is 56.5 Å². The number of aryl methyl sites for hydroxylation is 1. The van der Waals surface area contributed by atoms with Crippen LogP contribution in [-0.2, 0) is 4.79 Å². The molecule has 0 bridgehead atoms. The highest BCUT2D eigenvalue weighted by atomic mass is 16.5. The maximum atomic E-state index is 11.9. The van der Waals surface area contributed by atoms with E-state index in [4.69, 9.17) is 13.9 Å². The average molecular weight is 312 g/mol. The number of oxazole rings is 1. The van der Waals surface area contributed by atoms with Crippen molar-refractivity contribution in [2.24, 2.45) is 0 Å². The van der Waals surface area contributed by atoms with E-state index in [0.29, 0.717) is 28.4 Å². The number of nitrogens with zero attached hydrogens (tertiary/aromatic N) is 1. The van der Waals surface area contributed by atoms with Gasteiger partial charge in [0.05, 0.1) is 7.11 Å². The lowest BCUT2D eigenvalue weighted by Crippen LogP contribution is -2.20. The third kappa shape index (κ3) is 3.60. The summed E-state index contributed by atoms with van der Waals surface area (Å²) in [5, 5.41) is 2.77. The molecular weight excluding hydrogens is 296 g/mol. The van der Waals surface area contributed by atoms with Crippen LogP contribution in [0, 0.1) is 6.92 Å². The number of anilines is 1. The highest BCUT2D eigenvalue weighted by Crippen LogP contribution is 2.20. The topological polar surface area (TPSA) is 73.6 Å². The lowest BCUT2D eigenvalue weighted by Gasteiger charge is -2.08. The molecule has 1 amide bonds. The molecule has 0 saturated heterocycles. The molecule has 0 radical (unpaired) electrons. The summed E-state index contributed by atoms with van der Waals surface area (Å²) in [6.45, 7) is 1.70. The van der Waals surface area contributed by atoms with Crippen LogP contribution in [0.5, 0.6) is 11.5 Å². The Labute approximate surface area is 133 Å². The van der Waals surface area contributed by atoms with Crippen LogP contribution in [0.1, 0.15) is 5.89 Å². The smallest absolute Gasteiger partial charge is 0.262 e. The van der Waals surface area contributed by atoms with Gasteiger partial charge in [-0.15, -0.1) is 0 Å². The van der Waals surface area contributed by atoms with Gasteiger partial charge in [-0.1, -0.05) is 0 Å². The fraction of sp³-hybridized carbons (Fsp3) is 0.176. The van der Waals surface area contributed by atoms with Crippen LogP contribution >= 0.6 is 0 Å². The molecule has 3 aromatic rings. The highest BCUT2D eigenvalue weighted by Gasteiger charge is 2.07. The summed E-state index contributed by atoms with van der Waals surface area (Å²) in [5.41, 5.74) is 2.04. The van der Waals surface area contributed by atoms with Gasteiger partial charge in [0, 0.05) is 12.6 Å². The zero-order valence-corrected chi connectivity index (χ0v) is 12.8. The molecular formula is C17H16N2O4. The Morgan fingerprint density at radius 3 is 2.65 bits per heavy atom. The van der Waals surface area contributed by atoms with Gasteiger partial charge < -0.3 is 19.2 Å². The van der Waals surface area contributed by atoms with Gasteiger partial charge in [-0.3, -0.25) is 4.79 Å². The monoisotopic (exact) mass is 312 g/mol. The van der Waals surface area contributed by atoms with E-state index in [1.807, 2.05) is 0 Å². The van der Waals surface area contributed by atoms with Gasteiger partial charge in [0.2, 0.25) is 0 Å². The largest absolute Gasteiger partial charge is 0.497 e. The molecule has 0 aliphatic rings. The highest BCUT2D eigenvalue weighted by molar-refractivity contribution is 5.93. The number of amides is 1. The zero-order valence-electron chi connectivity index (χ0n) is 12.8. The number of methoxy groups -OCH3 is 1. The Balaban J connectivity index is 1.59. The summed E-state index contributed by atoms with van der Waals surface area (Å²) >= 11 is 0. The molecule has 6 nitrogen and oxygen atoms in total. The number of ether oxygens (including phenoxy) is 2. The minimum Gasteiger partial charge on any atom is -0.497 e. The fourth-order valence-electron chi connectivity index (χ4n) is 2.14. The predicted molar refractivity (Wildman–Crippen MR) is 85.9 cm³/mol. The number of fused-ring (bicyclic) bond motifs is 1. The van der Waals surface area contributed by atoms with Crippen molar-refractivity contribution in [1.29, 1.82) is 0 Å². The van der Waals surface area contributed by atoms with Crippen LogP contribution in [0.25, 0.3) is 11.1 Å². The van der Waals surface area contributed by atoms with Crippen LogP contribution in [0.2, 0.25) is 0 Å². The summed E-state index contributed by atoms with van der Waals surface area (Å²) in [4.78, 5) is 16.2. The molecule has 23 heavy (non-hydrogen) atoms. The Morgan fingerprint density at radius 2 is 1.91 bits per heavy atom. The van der Waals surface area contributed by atoms with E-state index in [0.717, 1.165) is 5.75 Å². The Hall–Kier alpha value is -3.02. The number of carbonyl (C=O) groups excluding carboxylic acids is 1. The lowest BCUT2D eigenvalue weighted by molar-refractivity contribution is -0.118. The first kappa shape index (κ1) is 14.9. The SMILES string of the molecule is COc1ccc(OCC(=O)Nc2ccc3oc(C)nc3c2)cc1. The van der Waals surface area contributed by atoms with E-state index in [2.05, 4.69) is 10.3 Å². The second kappa shape index (κ2) is 6.39. The maximum absolute atomic E-state index is 11.9. The number of nitrogens with one attached hydrogen (secondary N) is 1. The second-order valence-corrected chi connectivity index (χ2v) is 4.93. The lowest BCUT2D eigenvalue weighted by atomic mass is 10.3. The van der Waals surface area contributed by atoms with Gasteiger partial charge in [0.25, 0.3) is 5.91 Å². The van der Waals surface area contributed by atoms with E-state index >= 15 is 0 Å². The summed E-state index contributed by atoms with van der Waals surface area (Å²) < 4.78 is 15.9. The van der Waals surface area contributed by atoms with Crippen LogP contribution in [0.4, 0.5) is 5.69 Å². The van der Waals surface area contributed by atoms with E-state index in [9.17, 15) is 4.79 Å². The van der Waals surface area contributed by atoms with Crippen molar-refractivity contribution < 1.29 is 18.7 Å². The van der Waals surface area contributed by atoms with Gasteiger partial charge in [-0.25, -0.2) is 4.98 Å². The predicted octanol–water partition coefficient (Wildman–Crippen LogP) is 3.16. The first-order chi connectivity index (χ1) is 11.1. The van der Waals surface area contributed by atoms with Crippen molar-refractivity contribution in [3.8, 4) is 11.5 Å². The third-order valence-electron chi connectivity index (χ3n) is 3.21. The molecule has 2 aromatic carbocycles. The molecule has 3 rings (SSSR count). The molecule has 0 aliphatic heterocycles. The molecule has 0 spiro atoms. The van der Waals surface area contributed by atoms with Crippen LogP contribution in [0.15, 0.2) is 46.9 Å². The number of hydrogen-bond acceptors (Lipinski definition) is 5. The second-order valence-electron chi connectivity index (χ2n) is 4.93. The van der Waals surface area contributed by atoms with Crippen molar-refractivity contribution in [2.45, 2.75) is 6.92 Å². The minimum absolute atomic E-state index is 0.0811. The van der Waals surface area contributed by atoms with Gasteiger partial charge in [-0.05, 0) is 42.5 Å². The van der Waals surface area contributed by atoms with Crippen molar-refractivity contribution >= 4 is 22.7 Å². The van der Waals surface area contributed by atoms with E-state index in [-0.39, 0.29) is 12.5 Å². The van der Waals surface area contributed by atoms with E-state index < -0.39 is 0 Å². The van der Waals surface area contributed by atoms with Gasteiger partial charge in [0.1, 0.15) is 17.0 Å². The van der Waals surface area contributed by atoms with Crippen molar-refractivity contribution in [3.63, 3.8) is 0 Å². The normalized spacial score (nSPS) is 10.5. The number of carbonyl (C=O) groups is 1. The quantitative estimate of drug-likeness (QED) is 0.783. The molecule has 0 unspecified atom stereocenters. The average Bonchev–Trinajstić information content (AvgIpc) is 2.92. The van der Waals surface area contributed by atoms with Crippen molar-refractivity contribution in [1.82, 2.24) is 4.98 Å². The molecule has 1 aromatic heterocycles. The molecule has 118 valence electrons. The number of hydrogen-bond donors (Lipinski definition) is 1. The first-order valence-corrected chi connectivity index (χ1v) is 7.08. The van der Waals surface area contributed by atoms with Crippen LogP contribution in [0.3, 0.4) is 0 Å². The maximum Gasteiger partial charge on any atom is 0.262 e. The standard InChI is InChI=1S/C17H16N2O4/c1-11-18-15-9-12(3-8-16(15)23-11)19-17(20)10-22-14-6-4-13(21-2)5-7-14/h3-9H,10H2,1-2H3,(H,19,20). The Morgan fingerprint density at radius 1 is 1.17 bits per heavy atom. The van der Waals surface area contributed by atoms with Gasteiger partial charge in [-0.2, -0.15) is 0 Å². The van der Waals surface area contributed by atoms with Crippen LogP contribution in [-0.4, -0.2) is 24.6 Å². The molecule has 0 aliphatic carbocycles. The van der Waals surface area contributed by atoms with Crippen molar-refractivity contribution in [2.75, 3.05) is 19.0 Å². The Kier molecular flexibility index (Phi) is 4.14. The molecule has 6 heteroatoms. The number of aromatic nitrogens is 1. The molecule has 0 atom stereocenters. The number of rotatable bonds is 5. The van der Waals surface area contributed by atoms with Gasteiger partial charge in [0.15, 0.2) is 18.1 Å².